The number of hydrogen-bond donors (Lipinski definition) is 1. The van der Waals surface area contributed by atoms with Crippen LogP contribution in [0, 0.1) is 5.82 Å². The Morgan fingerprint density at radius 3 is 2.87 bits per heavy atom. The Balaban J connectivity index is 1.51. The second kappa shape index (κ2) is 9.96. The zero-order valence-corrected chi connectivity index (χ0v) is 17.5. The van der Waals surface area contributed by atoms with E-state index in [1.165, 1.54) is 13.2 Å². The van der Waals surface area contributed by atoms with E-state index in [2.05, 4.69) is 10.3 Å². The van der Waals surface area contributed by atoms with E-state index in [0.29, 0.717) is 25.6 Å². The molecule has 1 heterocycles. The van der Waals surface area contributed by atoms with Crippen LogP contribution in [0.1, 0.15) is 12.0 Å². The third-order valence-electron chi connectivity index (χ3n) is 4.86. The average Bonchev–Trinajstić information content (AvgIpc) is 2.75. The van der Waals surface area contributed by atoms with E-state index in [4.69, 9.17) is 9.47 Å². The van der Waals surface area contributed by atoms with Gasteiger partial charge in [-0.2, -0.15) is 0 Å². The number of carbonyl (C=O) groups is 1. The number of halogens is 1. The molecule has 1 aliphatic heterocycles. The van der Waals surface area contributed by atoms with E-state index in [-0.39, 0.29) is 24.1 Å². The summed E-state index contributed by atoms with van der Waals surface area (Å²) in [5, 5.41) is 3.29. The third-order valence-corrected chi connectivity index (χ3v) is 4.86. The summed E-state index contributed by atoms with van der Waals surface area (Å²) >= 11 is 0. The van der Waals surface area contributed by atoms with Crippen LogP contribution in [-0.2, 0) is 11.3 Å². The first kappa shape index (κ1) is 21.4. The number of hydrogen-bond acceptors (Lipinski definition) is 4. The summed E-state index contributed by atoms with van der Waals surface area (Å²) < 4.78 is 24.3. The summed E-state index contributed by atoms with van der Waals surface area (Å²) in [6.07, 6.45) is 0.740. The number of methoxy groups -OCH3 is 1. The lowest BCUT2D eigenvalue weighted by atomic mass is 10.2. The lowest BCUT2D eigenvalue weighted by Gasteiger charge is -2.29. The molecule has 3 rings (SSSR count). The lowest BCUT2D eigenvalue weighted by Crippen LogP contribution is -2.42. The monoisotopic (exact) mass is 414 g/mol. The molecule has 7 nitrogen and oxygen atoms in total. The summed E-state index contributed by atoms with van der Waals surface area (Å²) in [7, 11) is 5.04. The van der Waals surface area contributed by atoms with Crippen LogP contribution in [0.25, 0.3) is 0 Å². The number of guanidine groups is 1. The fraction of sp³-hybridized carbons (Fsp3) is 0.364. The molecule has 160 valence electrons. The molecule has 0 fully saturated rings. The van der Waals surface area contributed by atoms with Crippen molar-refractivity contribution in [2.75, 3.05) is 45.8 Å². The van der Waals surface area contributed by atoms with Gasteiger partial charge in [-0.3, -0.25) is 9.79 Å². The number of amides is 1. The highest BCUT2D eigenvalue weighted by atomic mass is 19.1. The molecule has 0 aliphatic carbocycles. The zero-order chi connectivity index (χ0) is 21.5. The van der Waals surface area contributed by atoms with Crippen LogP contribution in [-0.4, -0.2) is 57.7 Å². The summed E-state index contributed by atoms with van der Waals surface area (Å²) in [5.41, 5.74) is 1.62. The molecule has 0 unspecified atom stereocenters. The van der Waals surface area contributed by atoms with Gasteiger partial charge in [-0.1, -0.05) is 18.2 Å². The Morgan fingerprint density at radius 2 is 2.13 bits per heavy atom. The van der Waals surface area contributed by atoms with E-state index in [0.717, 1.165) is 23.4 Å². The van der Waals surface area contributed by atoms with E-state index < -0.39 is 0 Å². The van der Waals surface area contributed by atoms with Crippen LogP contribution in [0.2, 0.25) is 0 Å². The molecule has 2 aromatic rings. The Hall–Kier alpha value is -3.29. The number of fused-ring (bicyclic) bond motifs is 1. The first-order chi connectivity index (χ1) is 14.5. The smallest absolute Gasteiger partial charge is 0.265 e. The molecule has 0 saturated carbocycles. The van der Waals surface area contributed by atoms with E-state index in [1.807, 2.05) is 42.3 Å². The van der Waals surface area contributed by atoms with Crippen LogP contribution in [0.3, 0.4) is 0 Å². The Labute approximate surface area is 176 Å². The number of carbonyl (C=O) groups excluding carboxylic acids is 1. The third kappa shape index (κ3) is 5.00. The van der Waals surface area contributed by atoms with Crippen LogP contribution >= 0.6 is 0 Å². The minimum atomic E-state index is -0.387. The number of aliphatic imine (C=N–C) groups is 1. The summed E-state index contributed by atoms with van der Waals surface area (Å²) in [6.45, 7) is 1.78. The minimum Gasteiger partial charge on any atom is -0.494 e. The predicted octanol–water partition coefficient (Wildman–Crippen LogP) is 2.66. The summed E-state index contributed by atoms with van der Waals surface area (Å²) in [6, 6.07) is 12.4. The normalized spacial score (nSPS) is 13.5. The lowest BCUT2D eigenvalue weighted by molar-refractivity contribution is -0.121. The maximum Gasteiger partial charge on any atom is 0.265 e. The fourth-order valence-electron chi connectivity index (χ4n) is 3.38. The maximum absolute atomic E-state index is 13.9. The van der Waals surface area contributed by atoms with Gasteiger partial charge in [0.2, 0.25) is 0 Å². The fourth-order valence-corrected chi connectivity index (χ4v) is 3.38. The number of para-hydroxylation sites is 2. The Kier molecular flexibility index (Phi) is 7.11. The summed E-state index contributed by atoms with van der Waals surface area (Å²) in [4.78, 5) is 20.2. The van der Waals surface area contributed by atoms with Gasteiger partial charge >= 0.3 is 0 Å². The molecule has 8 heteroatoms. The second-order valence-corrected chi connectivity index (χ2v) is 6.95. The molecule has 0 radical (unpaired) electrons. The van der Waals surface area contributed by atoms with Crippen molar-refractivity contribution in [1.82, 2.24) is 10.2 Å². The topological polar surface area (TPSA) is 66.4 Å². The van der Waals surface area contributed by atoms with Gasteiger partial charge in [0, 0.05) is 33.7 Å². The Morgan fingerprint density at radius 1 is 1.33 bits per heavy atom. The van der Waals surface area contributed by atoms with Crippen molar-refractivity contribution in [3.63, 3.8) is 0 Å². The molecule has 0 saturated heterocycles. The van der Waals surface area contributed by atoms with Crippen molar-refractivity contribution < 1.29 is 18.7 Å². The van der Waals surface area contributed by atoms with Gasteiger partial charge in [0.1, 0.15) is 5.75 Å². The molecule has 0 bridgehead atoms. The number of ether oxygens (including phenoxy) is 2. The van der Waals surface area contributed by atoms with Crippen LogP contribution in [0.15, 0.2) is 47.5 Å². The van der Waals surface area contributed by atoms with Gasteiger partial charge in [0.25, 0.3) is 5.91 Å². The van der Waals surface area contributed by atoms with Gasteiger partial charge in [-0.15, -0.1) is 0 Å². The van der Waals surface area contributed by atoms with Crippen molar-refractivity contribution in [2.45, 2.75) is 13.0 Å². The average molecular weight is 414 g/mol. The van der Waals surface area contributed by atoms with E-state index in [1.54, 1.807) is 18.0 Å². The van der Waals surface area contributed by atoms with E-state index >= 15 is 0 Å². The van der Waals surface area contributed by atoms with Gasteiger partial charge in [0.05, 0.1) is 12.8 Å². The molecule has 1 N–H and O–H groups in total. The highest BCUT2D eigenvalue weighted by molar-refractivity contribution is 5.97. The molecule has 2 aromatic carbocycles. The largest absolute Gasteiger partial charge is 0.494 e. The zero-order valence-electron chi connectivity index (χ0n) is 17.5. The quantitative estimate of drug-likeness (QED) is 0.429. The van der Waals surface area contributed by atoms with Gasteiger partial charge in [-0.25, -0.2) is 4.39 Å². The molecular formula is C22H27FN4O3. The second-order valence-electron chi connectivity index (χ2n) is 6.95. The molecule has 0 spiro atoms. The summed E-state index contributed by atoms with van der Waals surface area (Å²) in [5.74, 6) is 1.22. The van der Waals surface area contributed by atoms with Gasteiger partial charge < -0.3 is 24.6 Å². The predicted molar refractivity (Wildman–Crippen MR) is 115 cm³/mol. The van der Waals surface area contributed by atoms with E-state index in [9.17, 15) is 9.18 Å². The van der Waals surface area contributed by atoms with Crippen molar-refractivity contribution in [2.24, 2.45) is 4.99 Å². The van der Waals surface area contributed by atoms with Crippen molar-refractivity contribution in [3.05, 3.63) is 53.8 Å². The molecule has 1 amide bonds. The number of benzene rings is 2. The first-order valence-corrected chi connectivity index (χ1v) is 9.80. The highest BCUT2D eigenvalue weighted by Crippen LogP contribution is 2.31. The molecule has 0 atom stereocenters. The molecule has 30 heavy (non-hydrogen) atoms. The molecular weight excluding hydrogens is 387 g/mol. The van der Waals surface area contributed by atoms with Crippen LogP contribution < -0.4 is 19.7 Å². The number of nitrogens with one attached hydrogen (secondary N) is 1. The standard InChI is InChI=1S/C22H27FN4O3/c1-24-22(26(2)14-16-9-10-19(29-3)17(23)13-16)25-11-6-12-27-18-7-4-5-8-20(18)30-15-21(27)28/h4-5,7-10,13H,6,11-12,14-15H2,1-3H3,(H,24,25). The van der Waals surface area contributed by atoms with Gasteiger partial charge in [0.15, 0.2) is 24.1 Å². The maximum atomic E-state index is 13.9. The molecule has 0 aromatic heterocycles. The highest BCUT2D eigenvalue weighted by Gasteiger charge is 2.24. The van der Waals surface area contributed by atoms with Crippen LogP contribution in [0.5, 0.6) is 11.5 Å². The van der Waals surface area contributed by atoms with Crippen molar-refractivity contribution in [1.29, 1.82) is 0 Å². The van der Waals surface area contributed by atoms with Gasteiger partial charge in [-0.05, 0) is 36.2 Å². The van der Waals surface area contributed by atoms with Crippen molar-refractivity contribution in [3.8, 4) is 11.5 Å². The van der Waals surface area contributed by atoms with Crippen LogP contribution in [0.4, 0.5) is 10.1 Å². The first-order valence-electron chi connectivity index (χ1n) is 9.80. The SMILES string of the molecule is CN=C(NCCCN1C(=O)COc2ccccc21)N(C)Cc1ccc(OC)c(F)c1. The molecule has 1 aliphatic rings. The number of anilines is 1. The van der Waals surface area contributed by atoms with Crippen molar-refractivity contribution >= 4 is 17.6 Å². The number of nitrogens with zero attached hydrogens (tertiary/aromatic N) is 3. The Bertz CT molecular complexity index is 919. The minimum absolute atomic E-state index is 0.0447. The number of rotatable bonds is 7.